The third-order valence-electron chi connectivity index (χ3n) is 2.49. The van der Waals surface area contributed by atoms with Crippen molar-refractivity contribution in [1.29, 1.82) is 0 Å². The molecule has 0 aliphatic rings. The molecule has 17 heavy (non-hydrogen) atoms. The van der Waals surface area contributed by atoms with Crippen LogP contribution in [0.15, 0.2) is 36.4 Å². The average Bonchev–Trinajstić information content (AvgIpc) is 2.75. The third-order valence-corrected chi connectivity index (χ3v) is 3.61. The van der Waals surface area contributed by atoms with E-state index in [2.05, 4.69) is 5.32 Å². The molecular formula is C13H14FNOS. The summed E-state index contributed by atoms with van der Waals surface area (Å²) in [4.78, 5) is 2.18. The molecule has 1 aromatic heterocycles. The minimum Gasteiger partial charge on any atom is -0.394 e. The number of aliphatic hydroxyl groups excluding tert-OH is 1. The van der Waals surface area contributed by atoms with Crippen molar-refractivity contribution >= 4 is 17.0 Å². The van der Waals surface area contributed by atoms with Crippen molar-refractivity contribution in [2.45, 2.75) is 13.0 Å². The van der Waals surface area contributed by atoms with Gasteiger partial charge in [-0.25, -0.2) is 4.39 Å². The van der Waals surface area contributed by atoms with E-state index in [1.54, 1.807) is 29.5 Å². The van der Waals surface area contributed by atoms with E-state index in [0.717, 1.165) is 4.88 Å². The first-order chi connectivity index (χ1) is 8.20. The Labute approximate surface area is 104 Å². The van der Waals surface area contributed by atoms with E-state index in [1.165, 1.54) is 10.9 Å². The Morgan fingerprint density at radius 1 is 1.29 bits per heavy atom. The van der Waals surface area contributed by atoms with E-state index < -0.39 is 0 Å². The lowest BCUT2D eigenvalue weighted by molar-refractivity contribution is 0.277. The van der Waals surface area contributed by atoms with Gasteiger partial charge in [-0.3, -0.25) is 0 Å². The Balaban J connectivity index is 2.18. The predicted octanol–water partition coefficient (Wildman–Crippen LogP) is 3.34. The molecule has 0 aliphatic heterocycles. The molecule has 0 amide bonds. The maximum absolute atomic E-state index is 13.5. The second kappa shape index (κ2) is 5.29. The van der Waals surface area contributed by atoms with Gasteiger partial charge < -0.3 is 10.4 Å². The number of aliphatic hydroxyl groups is 1. The number of hydrogen-bond acceptors (Lipinski definition) is 3. The first-order valence-corrected chi connectivity index (χ1v) is 6.20. The average molecular weight is 251 g/mol. The molecule has 2 rings (SSSR count). The van der Waals surface area contributed by atoms with Crippen molar-refractivity contribution in [2.75, 3.05) is 11.9 Å². The van der Waals surface area contributed by atoms with Gasteiger partial charge >= 0.3 is 0 Å². The number of nitrogens with one attached hydrogen (secondary N) is 1. The fourth-order valence-corrected chi connectivity index (χ4v) is 2.53. The second-order valence-corrected chi connectivity index (χ2v) is 5.13. The van der Waals surface area contributed by atoms with E-state index in [4.69, 9.17) is 0 Å². The zero-order chi connectivity index (χ0) is 12.3. The number of halogens is 1. The van der Waals surface area contributed by atoms with E-state index in [0.29, 0.717) is 5.69 Å². The lowest BCUT2D eigenvalue weighted by atomic mass is 10.2. The van der Waals surface area contributed by atoms with Crippen molar-refractivity contribution in [2.24, 2.45) is 0 Å². The highest BCUT2D eigenvalue weighted by molar-refractivity contribution is 7.12. The highest BCUT2D eigenvalue weighted by Gasteiger charge is 2.13. The largest absolute Gasteiger partial charge is 0.394 e. The van der Waals surface area contributed by atoms with Crippen molar-refractivity contribution in [3.05, 3.63) is 52.0 Å². The lowest BCUT2D eigenvalue weighted by Gasteiger charge is -2.16. The first kappa shape index (κ1) is 12.1. The Bertz CT molecular complexity index is 498. The van der Waals surface area contributed by atoms with Gasteiger partial charge in [0.25, 0.3) is 0 Å². The van der Waals surface area contributed by atoms with Gasteiger partial charge in [0.2, 0.25) is 0 Å². The monoisotopic (exact) mass is 251 g/mol. The van der Waals surface area contributed by atoms with Crippen LogP contribution in [0.4, 0.5) is 10.1 Å². The number of aryl methyl sites for hydroxylation is 1. The zero-order valence-corrected chi connectivity index (χ0v) is 10.3. The fraction of sp³-hybridized carbons (Fsp3) is 0.231. The SMILES string of the molecule is Cc1ccc(C(CO)Nc2ccccc2F)s1. The Kier molecular flexibility index (Phi) is 3.76. The van der Waals surface area contributed by atoms with Crippen molar-refractivity contribution in [1.82, 2.24) is 0 Å². The molecule has 1 unspecified atom stereocenters. The van der Waals surface area contributed by atoms with Gasteiger partial charge in [-0.1, -0.05) is 12.1 Å². The molecule has 2 aromatic rings. The van der Waals surface area contributed by atoms with Gasteiger partial charge in [-0.2, -0.15) is 0 Å². The van der Waals surface area contributed by atoms with Crippen LogP contribution in [0.2, 0.25) is 0 Å². The molecule has 0 saturated heterocycles. The van der Waals surface area contributed by atoms with Gasteiger partial charge in [0, 0.05) is 9.75 Å². The lowest BCUT2D eigenvalue weighted by Crippen LogP contribution is -2.14. The number of thiophene rings is 1. The number of benzene rings is 1. The van der Waals surface area contributed by atoms with Gasteiger partial charge in [-0.05, 0) is 31.2 Å². The van der Waals surface area contributed by atoms with Crippen LogP contribution >= 0.6 is 11.3 Å². The van der Waals surface area contributed by atoms with Gasteiger partial charge in [0.05, 0.1) is 18.3 Å². The van der Waals surface area contributed by atoms with Crippen molar-refractivity contribution < 1.29 is 9.50 Å². The Morgan fingerprint density at radius 3 is 2.65 bits per heavy atom. The highest BCUT2D eigenvalue weighted by atomic mass is 32.1. The molecule has 1 heterocycles. The summed E-state index contributed by atoms with van der Waals surface area (Å²) < 4.78 is 13.5. The summed E-state index contributed by atoms with van der Waals surface area (Å²) in [5.41, 5.74) is 0.414. The molecule has 0 spiro atoms. The van der Waals surface area contributed by atoms with Crippen LogP contribution in [0.3, 0.4) is 0 Å². The number of anilines is 1. The van der Waals surface area contributed by atoms with Crippen LogP contribution in [0, 0.1) is 12.7 Å². The molecule has 1 atom stereocenters. The summed E-state index contributed by atoms with van der Waals surface area (Å²) in [5.74, 6) is -0.306. The molecule has 2 N–H and O–H groups in total. The van der Waals surface area contributed by atoms with Crippen LogP contribution in [-0.4, -0.2) is 11.7 Å². The van der Waals surface area contributed by atoms with E-state index in [9.17, 15) is 9.50 Å². The summed E-state index contributed by atoms with van der Waals surface area (Å²) >= 11 is 1.60. The third kappa shape index (κ3) is 2.84. The number of hydrogen-bond donors (Lipinski definition) is 2. The van der Waals surface area contributed by atoms with Crippen LogP contribution in [-0.2, 0) is 0 Å². The van der Waals surface area contributed by atoms with E-state index in [-0.39, 0.29) is 18.5 Å². The molecule has 0 saturated carbocycles. The first-order valence-electron chi connectivity index (χ1n) is 5.39. The van der Waals surface area contributed by atoms with Gasteiger partial charge in [0.1, 0.15) is 5.82 Å². The zero-order valence-electron chi connectivity index (χ0n) is 9.48. The van der Waals surface area contributed by atoms with Crippen LogP contribution < -0.4 is 5.32 Å². The molecule has 0 radical (unpaired) electrons. The number of para-hydroxylation sites is 1. The summed E-state index contributed by atoms with van der Waals surface area (Å²) in [7, 11) is 0. The maximum atomic E-state index is 13.5. The minimum absolute atomic E-state index is 0.0612. The molecule has 0 fully saturated rings. The highest BCUT2D eigenvalue weighted by Crippen LogP contribution is 2.26. The quantitative estimate of drug-likeness (QED) is 0.873. The molecular weight excluding hydrogens is 237 g/mol. The van der Waals surface area contributed by atoms with Crippen molar-refractivity contribution in [3.63, 3.8) is 0 Å². The second-order valence-electron chi connectivity index (χ2n) is 3.81. The summed E-state index contributed by atoms with van der Waals surface area (Å²) in [5, 5.41) is 12.4. The molecule has 1 aromatic carbocycles. The fourth-order valence-electron chi connectivity index (χ4n) is 1.61. The normalized spacial score (nSPS) is 12.4. The molecule has 0 aliphatic carbocycles. The summed E-state index contributed by atoms with van der Waals surface area (Å²) in [6, 6.07) is 10.2. The summed E-state index contributed by atoms with van der Waals surface area (Å²) in [6.45, 7) is 1.94. The Hall–Kier alpha value is -1.39. The van der Waals surface area contributed by atoms with E-state index in [1.807, 2.05) is 19.1 Å². The smallest absolute Gasteiger partial charge is 0.146 e. The molecule has 0 bridgehead atoms. The maximum Gasteiger partial charge on any atom is 0.146 e. The van der Waals surface area contributed by atoms with Crippen LogP contribution in [0.1, 0.15) is 15.8 Å². The van der Waals surface area contributed by atoms with Gasteiger partial charge in [-0.15, -0.1) is 11.3 Å². The van der Waals surface area contributed by atoms with E-state index >= 15 is 0 Å². The summed E-state index contributed by atoms with van der Waals surface area (Å²) in [6.07, 6.45) is 0. The molecule has 4 heteroatoms. The van der Waals surface area contributed by atoms with Crippen LogP contribution in [0.5, 0.6) is 0 Å². The number of rotatable bonds is 4. The van der Waals surface area contributed by atoms with Crippen molar-refractivity contribution in [3.8, 4) is 0 Å². The van der Waals surface area contributed by atoms with Gasteiger partial charge in [0.15, 0.2) is 0 Å². The Morgan fingerprint density at radius 2 is 2.06 bits per heavy atom. The standard InChI is InChI=1S/C13H14FNOS/c1-9-6-7-13(17-9)12(8-16)15-11-5-3-2-4-10(11)14/h2-7,12,15-16H,8H2,1H3. The molecule has 2 nitrogen and oxygen atoms in total. The van der Waals surface area contributed by atoms with Crippen LogP contribution in [0.25, 0.3) is 0 Å². The predicted molar refractivity (Wildman–Crippen MR) is 68.9 cm³/mol. The minimum atomic E-state index is -0.306. The molecule has 90 valence electrons. The topological polar surface area (TPSA) is 32.3 Å².